The van der Waals surface area contributed by atoms with Crippen LogP contribution in [0.3, 0.4) is 0 Å². The molecule has 0 aromatic carbocycles. The normalized spacial score (nSPS) is 21.0. The maximum atomic E-state index is 13.1. The van der Waals surface area contributed by atoms with Crippen molar-refractivity contribution < 1.29 is 44.9 Å². The van der Waals surface area contributed by atoms with E-state index in [9.17, 15) is 35.4 Å². The molecule has 10 nitrogen and oxygen atoms in total. The Bertz CT molecular complexity index is 984. The minimum atomic E-state index is -1.61. The number of rotatable bonds is 44. The number of amides is 1. The van der Waals surface area contributed by atoms with Crippen LogP contribution in [0.25, 0.3) is 0 Å². The summed E-state index contributed by atoms with van der Waals surface area (Å²) in [4.78, 5) is 13.1. The van der Waals surface area contributed by atoms with Gasteiger partial charge in [-0.25, -0.2) is 0 Å². The standard InChI is InChI=1S/C51H99NO9/c1-3-5-7-9-11-13-15-17-19-21-22-24-26-28-30-32-34-36-38-40-45(55)50(59)52-43(42-60-51-49(58)48(57)47(56)46(41-53)61-51)44(54)39-37-35-33-31-29-27-25-23-20-18-16-14-12-10-8-6-4-2/h37,39,43-49,51,53-58H,3-36,38,40-42H2,1-2H3,(H,52,59)/b39-37+. The zero-order chi connectivity index (χ0) is 44.6. The van der Waals surface area contributed by atoms with Crippen LogP contribution >= 0.6 is 0 Å². The van der Waals surface area contributed by atoms with Gasteiger partial charge in [0.2, 0.25) is 5.91 Å². The first-order valence-corrected chi connectivity index (χ1v) is 26.0. The summed E-state index contributed by atoms with van der Waals surface area (Å²) in [5, 5.41) is 64.9. The van der Waals surface area contributed by atoms with Crippen molar-refractivity contribution in [2.45, 2.75) is 294 Å². The summed E-state index contributed by atoms with van der Waals surface area (Å²) in [6, 6.07) is -0.975. The molecule has 61 heavy (non-hydrogen) atoms. The van der Waals surface area contributed by atoms with Crippen molar-refractivity contribution in [3.8, 4) is 0 Å². The van der Waals surface area contributed by atoms with E-state index in [1.807, 2.05) is 6.08 Å². The van der Waals surface area contributed by atoms with Crippen LogP contribution in [0.2, 0.25) is 0 Å². The third-order valence-corrected chi connectivity index (χ3v) is 12.7. The van der Waals surface area contributed by atoms with E-state index >= 15 is 0 Å². The first-order chi connectivity index (χ1) is 29.8. The van der Waals surface area contributed by atoms with E-state index in [-0.39, 0.29) is 6.61 Å². The highest BCUT2D eigenvalue weighted by Crippen LogP contribution is 2.23. The molecule has 10 heteroatoms. The summed E-state index contributed by atoms with van der Waals surface area (Å²) < 4.78 is 11.2. The third kappa shape index (κ3) is 31.4. The van der Waals surface area contributed by atoms with Crippen molar-refractivity contribution in [1.29, 1.82) is 0 Å². The van der Waals surface area contributed by atoms with Crippen LogP contribution in [-0.2, 0) is 14.3 Å². The van der Waals surface area contributed by atoms with Gasteiger partial charge in [-0.3, -0.25) is 4.79 Å². The van der Waals surface area contributed by atoms with Gasteiger partial charge in [-0.2, -0.15) is 0 Å². The summed E-state index contributed by atoms with van der Waals surface area (Å²) in [5.74, 6) is -0.611. The maximum absolute atomic E-state index is 13.1. The molecule has 0 spiro atoms. The molecule has 1 amide bonds. The predicted molar refractivity (Wildman–Crippen MR) is 250 cm³/mol. The van der Waals surface area contributed by atoms with Crippen LogP contribution in [0.1, 0.15) is 245 Å². The molecule has 1 fully saturated rings. The van der Waals surface area contributed by atoms with Gasteiger partial charge in [0.1, 0.15) is 30.5 Å². The summed E-state index contributed by atoms with van der Waals surface area (Å²) in [6.45, 7) is 3.64. The number of unbranched alkanes of at least 4 members (excludes halogenated alkanes) is 33. The van der Waals surface area contributed by atoms with Crippen LogP contribution < -0.4 is 5.32 Å². The van der Waals surface area contributed by atoms with Crippen molar-refractivity contribution in [2.75, 3.05) is 13.2 Å². The SMILES string of the molecule is CCCCCCCCCCCCCCCCC/C=C/C(O)C(COC1OC(CO)C(O)C(O)C1O)NC(=O)C(O)CCCCCCCCCCCCCCCCCCCCC. The van der Waals surface area contributed by atoms with Crippen molar-refractivity contribution in [3.63, 3.8) is 0 Å². The van der Waals surface area contributed by atoms with E-state index in [0.29, 0.717) is 6.42 Å². The molecule has 0 bridgehead atoms. The largest absolute Gasteiger partial charge is 0.394 e. The number of ether oxygens (including phenoxy) is 2. The number of aliphatic hydroxyl groups excluding tert-OH is 6. The average Bonchev–Trinajstić information content (AvgIpc) is 3.26. The summed E-state index contributed by atoms with van der Waals surface area (Å²) in [6.07, 6.45) is 38.7. The molecule has 0 aromatic heterocycles. The second-order valence-electron chi connectivity index (χ2n) is 18.5. The Kier molecular flexibility index (Phi) is 39.5. The second kappa shape index (κ2) is 41.6. The van der Waals surface area contributed by atoms with Gasteiger partial charge in [0.15, 0.2) is 6.29 Å². The number of hydrogen-bond donors (Lipinski definition) is 7. The van der Waals surface area contributed by atoms with E-state index in [1.165, 1.54) is 180 Å². The molecule has 1 heterocycles. The van der Waals surface area contributed by atoms with Gasteiger partial charge in [-0.05, 0) is 19.3 Å². The van der Waals surface area contributed by atoms with Gasteiger partial charge >= 0.3 is 0 Å². The monoisotopic (exact) mass is 870 g/mol. The van der Waals surface area contributed by atoms with Crippen LogP contribution in [-0.4, -0.2) is 98.7 Å². The van der Waals surface area contributed by atoms with Gasteiger partial charge < -0.3 is 45.4 Å². The predicted octanol–water partition coefficient (Wildman–Crippen LogP) is 10.6. The first-order valence-electron chi connectivity index (χ1n) is 26.0. The number of aliphatic hydroxyl groups is 6. The molecule has 8 atom stereocenters. The van der Waals surface area contributed by atoms with Crippen LogP contribution in [0, 0.1) is 0 Å². The number of carbonyl (C=O) groups excluding carboxylic acids is 1. The number of nitrogens with one attached hydrogen (secondary N) is 1. The summed E-state index contributed by atoms with van der Waals surface area (Å²) >= 11 is 0. The van der Waals surface area contributed by atoms with Crippen molar-refractivity contribution in [2.24, 2.45) is 0 Å². The number of allylic oxidation sites excluding steroid dienone is 1. The molecule has 7 N–H and O–H groups in total. The lowest BCUT2D eigenvalue weighted by Gasteiger charge is -2.40. The van der Waals surface area contributed by atoms with Gasteiger partial charge in [-0.15, -0.1) is 0 Å². The van der Waals surface area contributed by atoms with E-state index < -0.39 is 61.5 Å². The maximum Gasteiger partial charge on any atom is 0.249 e. The molecule has 1 aliphatic rings. The van der Waals surface area contributed by atoms with E-state index in [4.69, 9.17) is 9.47 Å². The molecule has 1 saturated heterocycles. The van der Waals surface area contributed by atoms with Gasteiger partial charge in [0.25, 0.3) is 0 Å². The lowest BCUT2D eigenvalue weighted by molar-refractivity contribution is -0.302. The Hall–Kier alpha value is -1.11. The van der Waals surface area contributed by atoms with Gasteiger partial charge in [-0.1, -0.05) is 238 Å². The molecule has 1 aliphatic heterocycles. The lowest BCUT2D eigenvalue weighted by atomic mass is 9.99. The minimum Gasteiger partial charge on any atom is -0.394 e. The molecular formula is C51H99NO9. The molecule has 1 rings (SSSR count). The van der Waals surface area contributed by atoms with Crippen molar-refractivity contribution >= 4 is 5.91 Å². The highest BCUT2D eigenvalue weighted by atomic mass is 16.7. The fourth-order valence-electron chi connectivity index (χ4n) is 8.46. The Morgan fingerprint density at radius 2 is 0.934 bits per heavy atom. The topological polar surface area (TPSA) is 169 Å². The zero-order valence-electron chi connectivity index (χ0n) is 39.6. The average molecular weight is 870 g/mol. The van der Waals surface area contributed by atoms with E-state index in [0.717, 1.165) is 44.9 Å². The Labute approximate surface area is 374 Å². The third-order valence-electron chi connectivity index (χ3n) is 12.7. The van der Waals surface area contributed by atoms with Gasteiger partial charge in [0.05, 0.1) is 25.4 Å². The lowest BCUT2D eigenvalue weighted by Crippen LogP contribution is -2.60. The van der Waals surface area contributed by atoms with E-state index in [2.05, 4.69) is 19.2 Å². The molecule has 0 saturated carbocycles. The Morgan fingerprint density at radius 1 is 0.557 bits per heavy atom. The second-order valence-corrected chi connectivity index (χ2v) is 18.5. The molecule has 362 valence electrons. The van der Waals surface area contributed by atoms with Crippen LogP contribution in [0.15, 0.2) is 12.2 Å². The first kappa shape index (κ1) is 57.9. The summed E-state index contributed by atoms with van der Waals surface area (Å²) in [5.41, 5.74) is 0. The fourth-order valence-corrected chi connectivity index (χ4v) is 8.46. The highest BCUT2D eigenvalue weighted by Gasteiger charge is 2.44. The molecular weight excluding hydrogens is 771 g/mol. The molecule has 0 aromatic rings. The number of hydrogen-bond acceptors (Lipinski definition) is 9. The summed E-state index contributed by atoms with van der Waals surface area (Å²) in [7, 11) is 0. The Morgan fingerprint density at radius 3 is 1.33 bits per heavy atom. The highest BCUT2D eigenvalue weighted by molar-refractivity contribution is 5.80. The molecule has 0 aliphatic carbocycles. The fraction of sp³-hybridized carbons (Fsp3) is 0.941. The van der Waals surface area contributed by atoms with E-state index in [1.54, 1.807) is 6.08 Å². The van der Waals surface area contributed by atoms with Crippen LogP contribution in [0.5, 0.6) is 0 Å². The Balaban J connectivity index is 2.34. The van der Waals surface area contributed by atoms with Crippen LogP contribution in [0.4, 0.5) is 0 Å². The van der Waals surface area contributed by atoms with Crippen molar-refractivity contribution in [3.05, 3.63) is 12.2 Å². The van der Waals surface area contributed by atoms with Crippen molar-refractivity contribution in [1.82, 2.24) is 5.32 Å². The minimum absolute atomic E-state index is 0.301. The quantitative estimate of drug-likeness (QED) is 0.0233. The smallest absolute Gasteiger partial charge is 0.249 e. The van der Waals surface area contributed by atoms with Gasteiger partial charge in [0, 0.05) is 0 Å². The zero-order valence-corrected chi connectivity index (χ0v) is 39.6. The molecule has 0 radical (unpaired) electrons. The number of carbonyl (C=O) groups is 1. The molecule has 8 unspecified atom stereocenters.